The Morgan fingerprint density at radius 1 is 1.08 bits per heavy atom. The quantitative estimate of drug-likeness (QED) is 0.425. The first kappa shape index (κ1) is 22.8. The highest BCUT2D eigenvalue weighted by molar-refractivity contribution is 5.96. The molecule has 1 saturated heterocycles. The van der Waals surface area contributed by atoms with Crippen molar-refractivity contribution in [3.05, 3.63) is 53.7 Å². The molecule has 0 bridgehead atoms. The molecule has 8 nitrogen and oxygen atoms in total. The number of amides is 1. The average molecular weight is 493 g/mol. The molecule has 186 valence electrons. The zero-order valence-corrected chi connectivity index (χ0v) is 20.1. The molecule has 0 spiro atoms. The Labute approximate surface area is 206 Å². The van der Waals surface area contributed by atoms with Crippen LogP contribution in [-0.4, -0.2) is 55.4 Å². The van der Waals surface area contributed by atoms with Crippen molar-refractivity contribution in [2.24, 2.45) is 7.05 Å². The van der Waals surface area contributed by atoms with E-state index >= 15 is 0 Å². The lowest BCUT2D eigenvalue weighted by Crippen LogP contribution is -2.37. The molecule has 1 fully saturated rings. The van der Waals surface area contributed by atoms with Crippen LogP contribution in [0.4, 0.5) is 8.78 Å². The van der Waals surface area contributed by atoms with Crippen LogP contribution in [0.25, 0.3) is 33.4 Å². The summed E-state index contributed by atoms with van der Waals surface area (Å²) in [4.78, 5) is 24.0. The largest absolute Gasteiger partial charge is 0.381 e. The van der Waals surface area contributed by atoms with Crippen LogP contribution in [0.2, 0.25) is 0 Å². The molecule has 5 heterocycles. The van der Waals surface area contributed by atoms with Crippen molar-refractivity contribution in [1.82, 2.24) is 29.2 Å². The maximum Gasteiger partial charge on any atom is 0.265 e. The second-order valence-corrected chi connectivity index (χ2v) is 9.49. The highest BCUT2D eigenvalue weighted by Crippen LogP contribution is 2.39. The van der Waals surface area contributed by atoms with Crippen LogP contribution in [0.5, 0.6) is 0 Å². The summed E-state index contributed by atoms with van der Waals surface area (Å²) in [6.45, 7) is 1.94. The van der Waals surface area contributed by atoms with E-state index in [0.717, 1.165) is 35.6 Å². The number of fused-ring (bicyclic) bond motifs is 2. The van der Waals surface area contributed by atoms with Gasteiger partial charge in [0.15, 0.2) is 0 Å². The lowest BCUT2D eigenvalue weighted by Gasteiger charge is -2.28. The van der Waals surface area contributed by atoms with Crippen LogP contribution in [0.3, 0.4) is 0 Å². The van der Waals surface area contributed by atoms with Gasteiger partial charge in [0.05, 0.1) is 35.3 Å². The minimum Gasteiger partial charge on any atom is -0.381 e. The minimum atomic E-state index is -2.71. The van der Waals surface area contributed by atoms with Crippen molar-refractivity contribution in [3.63, 3.8) is 0 Å². The van der Waals surface area contributed by atoms with Crippen LogP contribution >= 0.6 is 0 Å². The number of pyridine rings is 1. The fourth-order valence-electron chi connectivity index (χ4n) is 5.25. The molecule has 2 aliphatic heterocycles. The van der Waals surface area contributed by atoms with Gasteiger partial charge in [-0.05, 0) is 25.0 Å². The third-order valence-corrected chi connectivity index (χ3v) is 7.15. The normalized spacial score (nSPS) is 16.8. The summed E-state index contributed by atoms with van der Waals surface area (Å²) in [5.41, 5.74) is 3.60. The van der Waals surface area contributed by atoms with E-state index < -0.39 is 6.43 Å². The number of hydrogen-bond donors (Lipinski definition) is 0. The Morgan fingerprint density at radius 2 is 1.89 bits per heavy atom. The summed E-state index contributed by atoms with van der Waals surface area (Å²) in [5, 5.41) is 4.74. The second kappa shape index (κ2) is 8.77. The number of aryl methyl sites for hydroxylation is 1. The Bertz CT molecular complexity index is 1470. The summed E-state index contributed by atoms with van der Waals surface area (Å²) in [6.07, 6.45) is 2.19. The Hall–Kier alpha value is -3.66. The van der Waals surface area contributed by atoms with E-state index in [1.165, 1.54) is 6.07 Å². The molecular formula is C26H26F2N6O2. The first-order valence-electron chi connectivity index (χ1n) is 12.0. The van der Waals surface area contributed by atoms with Gasteiger partial charge in [0.1, 0.15) is 12.4 Å². The fraction of sp³-hybridized carbons (Fsp3) is 0.385. The van der Waals surface area contributed by atoms with Gasteiger partial charge in [0.25, 0.3) is 6.43 Å². The molecule has 0 saturated carbocycles. The average Bonchev–Trinajstić information content (AvgIpc) is 3.47. The van der Waals surface area contributed by atoms with Crippen molar-refractivity contribution in [2.75, 3.05) is 20.3 Å². The van der Waals surface area contributed by atoms with Gasteiger partial charge in [-0.25, -0.2) is 18.7 Å². The molecule has 0 unspecified atom stereocenters. The first-order valence-corrected chi connectivity index (χ1v) is 12.0. The van der Waals surface area contributed by atoms with E-state index in [1.807, 2.05) is 22.8 Å². The smallest absolute Gasteiger partial charge is 0.265 e. The molecule has 0 radical (unpaired) electrons. The number of aromatic nitrogens is 5. The van der Waals surface area contributed by atoms with Gasteiger partial charge in [0, 0.05) is 61.5 Å². The third kappa shape index (κ3) is 3.76. The lowest BCUT2D eigenvalue weighted by atomic mass is 9.99. The SMILES string of the molecule is CN1Cc2c(-c3cccc4nc(-c5cnn(C)c5)c(C(F)F)cc34)nc(C3CCOCC3)n2CC1=O. The van der Waals surface area contributed by atoms with Crippen LogP contribution in [0, 0.1) is 0 Å². The van der Waals surface area contributed by atoms with Crippen LogP contribution in [0.15, 0.2) is 36.7 Å². The number of benzene rings is 1. The number of rotatable bonds is 4. The number of hydrogen-bond acceptors (Lipinski definition) is 5. The molecule has 0 N–H and O–H groups in total. The van der Waals surface area contributed by atoms with Crippen LogP contribution < -0.4 is 0 Å². The summed E-state index contributed by atoms with van der Waals surface area (Å²) in [5.74, 6) is 1.08. The molecule has 0 atom stereocenters. The van der Waals surface area contributed by atoms with Gasteiger partial charge in [-0.15, -0.1) is 0 Å². The van der Waals surface area contributed by atoms with Crippen LogP contribution in [0.1, 0.15) is 42.3 Å². The Kier molecular flexibility index (Phi) is 5.55. The van der Waals surface area contributed by atoms with Crippen molar-refractivity contribution >= 4 is 16.8 Å². The summed E-state index contributed by atoms with van der Waals surface area (Å²) in [6, 6.07) is 7.13. The third-order valence-electron chi connectivity index (χ3n) is 7.15. The van der Waals surface area contributed by atoms with Gasteiger partial charge in [0.2, 0.25) is 5.91 Å². The topological polar surface area (TPSA) is 78.1 Å². The number of likely N-dealkylation sites (N-methyl/N-ethyl adjacent to an activating group) is 1. The first-order chi connectivity index (χ1) is 17.4. The number of halogens is 2. The zero-order chi connectivity index (χ0) is 25.0. The van der Waals surface area contributed by atoms with E-state index in [2.05, 4.69) is 10.1 Å². The molecule has 1 amide bonds. The zero-order valence-electron chi connectivity index (χ0n) is 20.1. The van der Waals surface area contributed by atoms with Gasteiger partial charge >= 0.3 is 0 Å². The number of carbonyl (C=O) groups is 1. The van der Waals surface area contributed by atoms with Gasteiger partial charge in [-0.2, -0.15) is 5.10 Å². The summed E-state index contributed by atoms with van der Waals surface area (Å²) < 4.78 is 37.6. The highest BCUT2D eigenvalue weighted by atomic mass is 19.3. The minimum absolute atomic E-state index is 0.0282. The monoisotopic (exact) mass is 492 g/mol. The number of nitrogens with zero attached hydrogens (tertiary/aromatic N) is 6. The Morgan fingerprint density at radius 3 is 2.61 bits per heavy atom. The van der Waals surface area contributed by atoms with Crippen molar-refractivity contribution < 1.29 is 18.3 Å². The van der Waals surface area contributed by atoms with Gasteiger partial charge in [-0.3, -0.25) is 9.48 Å². The standard InChI is InChI=1S/C26H26F2N6O2/c1-32-13-21-24(31-26(34(21)14-22(32)35)15-6-8-36-9-7-15)17-4-3-5-20-18(17)10-19(25(27)28)23(30-20)16-11-29-33(2)12-16/h3-5,10-12,15,25H,6-9,13-14H2,1-2H3. The molecule has 1 aromatic carbocycles. The van der Waals surface area contributed by atoms with Crippen molar-refractivity contribution in [1.29, 1.82) is 0 Å². The van der Waals surface area contributed by atoms with Gasteiger partial charge in [-0.1, -0.05) is 12.1 Å². The predicted octanol–water partition coefficient (Wildman–Crippen LogP) is 4.30. The molecule has 36 heavy (non-hydrogen) atoms. The Balaban J connectivity index is 1.56. The number of ether oxygens (including phenoxy) is 1. The van der Waals surface area contributed by atoms with E-state index in [1.54, 1.807) is 36.1 Å². The summed E-state index contributed by atoms with van der Waals surface area (Å²) >= 11 is 0. The van der Waals surface area contributed by atoms with Crippen LogP contribution in [-0.2, 0) is 29.7 Å². The lowest BCUT2D eigenvalue weighted by molar-refractivity contribution is -0.132. The molecular weight excluding hydrogens is 466 g/mol. The van der Waals surface area contributed by atoms with E-state index in [4.69, 9.17) is 9.72 Å². The molecule has 4 aromatic rings. The van der Waals surface area contributed by atoms with Gasteiger partial charge < -0.3 is 14.2 Å². The molecule has 10 heteroatoms. The number of imidazole rings is 1. The van der Waals surface area contributed by atoms with Crippen molar-refractivity contribution in [3.8, 4) is 22.5 Å². The molecule has 3 aromatic heterocycles. The molecule has 6 rings (SSSR count). The van der Waals surface area contributed by atoms with Crippen molar-refractivity contribution in [2.45, 2.75) is 38.3 Å². The molecule has 2 aliphatic rings. The fourth-order valence-corrected chi connectivity index (χ4v) is 5.25. The van der Waals surface area contributed by atoms with E-state index in [0.29, 0.717) is 36.2 Å². The van der Waals surface area contributed by atoms with E-state index in [-0.39, 0.29) is 29.6 Å². The number of alkyl halides is 2. The maximum atomic E-state index is 14.3. The maximum absolute atomic E-state index is 14.3. The molecule has 0 aliphatic carbocycles. The predicted molar refractivity (Wildman–Crippen MR) is 129 cm³/mol. The van der Waals surface area contributed by atoms with E-state index in [9.17, 15) is 13.6 Å². The highest BCUT2D eigenvalue weighted by Gasteiger charge is 2.32. The number of carbonyl (C=O) groups excluding carboxylic acids is 1. The second-order valence-electron chi connectivity index (χ2n) is 9.49. The summed E-state index contributed by atoms with van der Waals surface area (Å²) in [7, 11) is 3.51.